The van der Waals surface area contributed by atoms with E-state index in [4.69, 9.17) is 14.6 Å². The fraction of sp³-hybridized carbons (Fsp3) is 0.529. The molecule has 0 heterocycles. The van der Waals surface area contributed by atoms with Gasteiger partial charge in [-0.15, -0.1) is 0 Å². The standard InChI is InChI=1S/C17H23NO5/c1-3-22-14-8-7-12(9-15(14)23-4-2)17(21)18-13(10-16(19)20)11-5-6-11/h7-9,11,13H,3-6,10H2,1-2H3,(H,18,21)(H,19,20)/t13-/m1/s1. The average Bonchev–Trinajstić information content (AvgIpc) is 3.33. The van der Waals surface area contributed by atoms with Gasteiger partial charge >= 0.3 is 5.97 Å². The van der Waals surface area contributed by atoms with Gasteiger partial charge in [-0.1, -0.05) is 0 Å². The van der Waals surface area contributed by atoms with Gasteiger partial charge in [0.2, 0.25) is 0 Å². The van der Waals surface area contributed by atoms with Crippen LogP contribution in [0.5, 0.6) is 11.5 Å². The molecular weight excluding hydrogens is 298 g/mol. The molecule has 1 amide bonds. The Balaban J connectivity index is 2.11. The molecule has 1 aromatic carbocycles. The van der Waals surface area contributed by atoms with Gasteiger partial charge in [0.25, 0.3) is 5.91 Å². The van der Waals surface area contributed by atoms with Gasteiger partial charge in [-0.3, -0.25) is 9.59 Å². The fourth-order valence-electron chi connectivity index (χ4n) is 2.47. The van der Waals surface area contributed by atoms with Crippen LogP contribution in [0.25, 0.3) is 0 Å². The zero-order valence-corrected chi connectivity index (χ0v) is 13.5. The first-order valence-electron chi connectivity index (χ1n) is 7.97. The molecular formula is C17H23NO5. The molecule has 0 bridgehead atoms. The van der Waals surface area contributed by atoms with Crippen LogP contribution in [0.2, 0.25) is 0 Å². The quantitative estimate of drug-likeness (QED) is 0.730. The van der Waals surface area contributed by atoms with Crippen molar-refractivity contribution in [2.45, 2.75) is 39.2 Å². The summed E-state index contributed by atoms with van der Waals surface area (Å²) in [6.45, 7) is 4.71. The van der Waals surface area contributed by atoms with E-state index < -0.39 is 5.97 Å². The molecule has 6 heteroatoms. The number of aliphatic carboxylic acids is 1. The molecule has 0 unspecified atom stereocenters. The number of carbonyl (C=O) groups excluding carboxylic acids is 1. The third-order valence-corrected chi connectivity index (χ3v) is 3.71. The highest BCUT2D eigenvalue weighted by Crippen LogP contribution is 2.34. The van der Waals surface area contributed by atoms with Crippen LogP contribution in [0.15, 0.2) is 18.2 Å². The molecule has 1 aromatic rings. The molecule has 0 radical (unpaired) electrons. The normalized spacial score (nSPS) is 14.9. The molecule has 2 N–H and O–H groups in total. The molecule has 0 aliphatic heterocycles. The first kappa shape index (κ1) is 17.1. The highest BCUT2D eigenvalue weighted by atomic mass is 16.5. The number of carbonyl (C=O) groups is 2. The smallest absolute Gasteiger partial charge is 0.305 e. The van der Waals surface area contributed by atoms with Crippen molar-refractivity contribution >= 4 is 11.9 Å². The molecule has 0 spiro atoms. The monoisotopic (exact) mass is 321 g/mol. The van der Waals surface area contributed by atoms with E-state index in [-0.39, 0.29) is 24.3 Å². The highest BCUT2D eigenvalue weighted by Gasteiger charge is 2.34. The van der Waals surface area contributed by atoms with Crippen molar-refractivity contribution in [2.24, 2.45) is 5.92 Å². The number of hydrogen-bond acceptors (Lipinski definition) is 4. The summed E-state index contributed by atoms with van der Waals surface area (Å²) in [4.78, 5) is 23.3. The van der Waals surface area contributed by atoms with Crippen LogP contribution in [-0.4, -0.2) is 36.2 Å². The van der Waals surface area contributed by atoms with E-state index >= 15 is 0 Å². The maximum absolute atomic E-state index is 12.4. The molecule has 1 saturated carbocycles. The predicted molar refractivity (Wildman–Crippen MR) is 85.0 cm³/mol. The van der Waals surface area contributed by atoms with Crippen LogP contribution < -0.4 is 14.8 Å². The number of carboxylic acids is 1. The summed E-state index contributed by atoms with van der Waals surface area (Å²) < 4.78 is 11.0. The van der Waals surface area contributed by atoms with Crippen LogP contribution in [0.3, 0.4) is 0 Å². The van der Waals surface area contributed by atoms with Crippen LogP contribution >= 0.6 is 0 Å². The summed E-state index contributed by atoms with van der Waals surface area (Å²) >= 11 is 0. The van der Waals surface area contributed by atoms with Gasteiger partial charge in [0.1, 0.15) is 0 Å². The van der Waals surface area contributed by atoms with Gasteiger partial charge in [-0.2, -0.15) is 0 Å². The third kappa shape index (κ3) is 4.87. The Morgan fingerprint density at radius 1 is 1.22 bits per heavy atom. The van der Waals surface area contributed by atoms with Gasteiger partial charge in [-0.05, 0) is 50.8 Å². The lowest BCUT2D eigenvalue weighted by Crippen LogP contribution is -2.38. The molecule has 23 heavy (non-hydrogen) atoms. The van der Waals surface area contributed by atoms with Gasteiger partial charge in [0.15, 0.2) is 11.5 Å². The molecule has 2 rings (SSSR count). The van der Waals surface area contributed by atoms with E-state index in [0.29, 0.717) is 30.3 Å². The Morgan fingerprint density at radius 3 is 2.43 bits per heavy atom. The number of carboxylic acid groups (broad SMARTS) is 1. The maximum atomic E-state index is 12.4. The lowest BCUT2D eigenvalue weighted by molar-refractivity contribution is -0.137. The SMILES string of the molecule is CCOc1ccc(C(=O)N[C@H](CC(=O)O)C2CC2)cc1OCC. The van der Waals surface area contributed by atoms with Crippen molar-refractivity contribution in [3.63, 3.8) is 0 Å². The highest BCUT2D eigenvalue weighted by molar-refractivity contribution is 5.95. The Hall–Kier alpha value is -2.24. The van der Waals surface area contributed by atoms with Crippen molar-refractivity contribution in [1.82, 2.24) is 5.32 Å². The van der Waals surface area contributed by atoms with Crippen LogP contribution in [-0.2, 0) is 4.79 Å². The van der Waals surface area contributed by atoms with Gasteiger partial charge in [0.05, 0.1) is 19.6 Å². The summed E-state index contributed by atoms with van der Waals surface area (Å²) in [7, 11) is 0. The number of nitrogens with one attached hydrogen (secondary N) is 1. The molecule has 1 aliphatic carbocycles. The molecule has 0 saturated heterocycles. The van der Waals surface area contributed by atoms with Crippen molar-refractivity contribution in [1.29, 1.82) is 0 Å². The second-order valence-electron chi connectivity index (χ2n) is 5.54. The lowest BCUT2D eigenvalue weighted by atomic mass is 10.1. The summed E-state index contributed by atoms with van der Waals surface area (Å²) in [6.07, 6.45) is 1.88. The summed E-state index contributed by atoms with van der Waals surface area (Å²) in [6, 6.07) is 4.68. The Bertz CT molecular complexity index is 568. The minimum atomic E-state index is -0.899. The third-order valence-electron chi connectivity index (χ3n) is 3.71. The predicted octanol–water partition coefficient (Wildman–Crippen LogP) is 2.47. The zero-order valence-electron chi connectivity index (χ0n) is 13.5. The summed E-state index contributed by atoms with van der Waals surface area (Å²) in [5.74, 6) is 0.193. The Morgan fingerprint density at radius 2 is 1.87 bits per heavy atom. The molecule has 0 aromatic heterocycles. The number of rotatable bonds is 9. The summed E-state index contributed by atoms with van der Waals surface area (Å²) in [5.41, 5.74) is 0.438. The fourth-order valence-corrected chi connectivity index (χ4v) is 2.47. The number of amides is 1. The van der Waals surface area contributed by atoms with Crippen LogP contribution in [0.4, 0.5) is 0 Å². The van der Waals surface area contributed by atoms with E-state index in [0.717, 1.165) is 12.8 Å². The molecule has 126 valence electrons. The average molecular weight is 321 g/mol. The molecule has 1 fully saturated rings. The minimum Gasteiger partial charge on any atom is -0.490 e. The van der Waals surface area contributed by atoms with Crippen molar-refractivity contribution in [3.05, 3.63) is 23.8 Å². The largest absolute Gasteiger partial charge is 0.490 e. The van der Waals surface area contributed by atoms with E-state index in [9.17, 15) is 9.59 Å². The van der Waals surface area contributed by atoms with E-state index in [2.05, 4.69) is 5.32 Å². The Kier molecular flexibility index (Phi) is 5.84. The second kappa shape index (κ2) is 7.85. The van der Waals surface area contributed by atoms with E-state index in [1.165, 1.54) is 0 Å². The van der Waals surface area contributed by atoms with Crippen molar-refractivity contribution in [3.8, 4) is 11.5 Å². The molecule has 6 nitrogen and oxygen atoms in total. The second-order valence-corrected chi connectivity index (χ2v) is 5.54. The topological polar surface area (TPSA) is 84.9 Å². The maximum Gasteiger partial charge on any atom is 0.305 e. The number of ether oxygens (including phenoxy) is 2. The van der Waals surface area contributed by atoms with Crippen LogP contribution in [0, 0.1) is 5.92 Å². The molecule has 1 aliphatic rings. The first-order chi connectivity index (χ1) is 11.0. The minimum absolute atomic E-state index is 0.0498. The zero-order chi connectivity index (χ0) is 16.8. The lowest BCUT2D eigenvalue weighted by Gasteiger charge is -2.17. The first-order valence-corrected chi connectivity index (χ1v) is 7.97. The summed E-state index contributed by atoms with van der Waals surface area (Å²) in [5, 5.41) is 11.8. The Labute approximate surface area is 135 Å². The van der Waals surface area contributed by atoms with Crippen molar-refractivity contribution < 1.29 is 24.2 Å². The van der Waals surface area contributed by atoms with Gasteiger partial charge in [-0.25, -0.2) is 0 Å². The van der Waals surface area contributed by atoms with Gasteiger partial charge < -0.3 is 19.9 Å². The van der Waals surface area contributed by atoms with Gasteiger partial charge in [0, 0.05) is 11.6 Å². The van der Waals surface area contributed by atoms with Crippen LogP contribution in [0.1, 0.15) is 43.5 Å². The number of benzene rings is 1. The van der Waals surface area contributed by atoms with E-state index in [1.54, 1.807) is 18.2 Å². The number of hydrogen-bond donors (Lipinski definition) is 2. The van der Waals surface area contributed by atoms with E-state index in [1.807, 2.05) is 13.8 Å². The van der Waals surface area contributed by atoms with Crippen molar-refractivity contribution in [2.75, 3.05) is 13.2 Å². The molecule has 1 atom stereocenters.